The summed E-state index contributed by atoms with van der Waals surface area (Å²) in [4.78, 5) is 18.3. The number of carbonyl (C=O) groups is 1. The van der Waals surface area contributed by atoms with Gasteiger partial charge in [0.2, 0.25) is 0 Å². The van der Waals surface area contributed by atoms with E-state index in [9.17, 15) is 4.79 Å². The van der Waals surface area contributed by atoms with E-state index in [0.717, 1.165) is 45.4 Å². The molecule has 0 saturated carbocycles. The van der Waals surface area contributed by atoms with Crippen molar-refractivity contribution in [1.82, 2.24) is 10.2 Å². The number of ether oxygens (including phenoxy) is 1. The number of hydrogen-bond acceptors (Lipinski definition) is 3. The Hall–Kier alpha value is -0.730. The normalized spacial score (nSPS) is 19.0. The number of likely N-dealkylation sites (tertiary alicyclic amines) is 1. The van der Waals surface area contributed by atoms with Gasteiger partial charge in [-0.1, -0.05) is 13.8 Å². The summed E-state index contributed by atoms with van der Waals surface area (Å²) in [5.74, 6) is 1.51. The molecule has 1 amide bonds. The number of carbonyl (C=O) groups excluding carboxylic acids is 1. The first-order valence-corrected chi connectivity index (χ1v) is 8.69. The number of piperidine rings is 1. The molecule has 1 saturated heterocycles. The molecule has 1 fully saturated rings. The van der Waals surface area contributed by atoms with E-state index in [-0.39, 0.29) is 30.1 Å². The number of guanidine groups is 1. The fourth-order valence-electron chi connectivity index (χ4n) is 2.53. The summed E-state index contributed by atoms with van der Waals surface area (Å²) in [6.45, 7) is 13.0. The monoisotopic (exact) mass is 454 g/mol. The van der Waals surface area contributed by atoms with Crippen molar-refractivity contribution in [3.8, 4) is 0 Å². The highest BCUT2D eigenvalue weighted by atomic mass is 127. The Morgan fingerprint density at radius 3 is 2.67 bits per heavy atom. The lowest BCUT2D eigenvalue weighted by molar-refractivity contribution is 0.0162. The predicted octanol–water partition coefficient (Wildman–Crippen LogP) is 3.20. The lowest BCUT2D eigenvalue weighted by Gasteiger charge is -2.34. The van der Waals surface area contributed by atoms with Crippen LogP contribution in [0.2, 0.25) is 0 Å². The standard InChI is InChI=1S/C17H34N4O2.HI/c1-13(2)11-20-15(18)19-9-8-14-7-6-10-21(12-14)16(22)23-17(3,4)5;/h13-14H,6-12H2,1-5H3,(H3,18,19,20);1H. The minimum atomic E-state index is -0.438. The topological polar surface area (TPSA) is 80.0 Å². The fourth-order valence-corrected chi connectivity index (χ4v) is 2.53. The van der Waals surface area contributed by atoms with Crippen molar-refractivity contribution >= 4 is 36.0 Å². The first-order chi connectivity index (χ1) is 10.7. The number of rotatable bonds is 5. The van der Waals surface area contributed by atoms with Crippen molar-refractivity contribution in [1.29, 1.82) is 0 Å². The zero-order valence-corrected chi connectivity index (χ0v) is 18.1. The molecule has 3 N–H and O–H groups in total. The third kappa shape index (κ3) is 10.2. The number of nitrogens with zero attached hydrogens (tertiary/aromatic N) is 2. The molecule has 1 atom stereocenters. The lowest BCUT2D eigenvalue weighted by atomic mass is 9.95. The third-order valence-electron chi connectivity index (χ3n) is 3.66. The number of amides is 1. The lowest BCUT2D eigenvalue weighted by Crippen LogP contribution is -2.43. The molecule has 0 aromatic carbocycles. The molecular weight excluding hydrogens is 419 g/mol. The van der Waals surface area contributed by atoms with Crippen molar-refractivity contribution in [2.45, 2.75) is 59.5 Å². The summed E-state index contributed by atoms with van der Waals surface area (Å²) in [6.07, 6.45) is 2.95. The van der Waals surface area contributed by atoms with Gasteiger partial charge in [-0.3, -0.25) is 4.99 Å². The molecule has 1 heterocycles. The molecule has 0 bridgehead atoms. The van der Waals surface area contributed by atoms with E-state index < -0.39 is 5.60 Å². The van der Waals surface area contributed by atoms with Crippen LogP contribution in [0.15, 0.2) is 4.99 Å². The highest BCUT2D eigenvalue weighted by Gasteiger charge is 2.27. The fraction of sp³-hybridized carbons (Fsp3) is 0.882. The van der Waals surface area contributed by atoms with Gasteiger partial charge in [0.05, 0.1) is 0 Å². The minimum absolute atomic E-state index is 0. The molecule has 1 aliphatic heterocycles. The molecule has 0 aromatic rings. The van der Waals surface area contributed by atoms with Crippen molar-refractivity contribution in [3.05, 3.63) is 0 Å². The Kier molecular flexibility index (Phi) is 10.7. The second-order valence-corrected chi connectivity index (χ2v) is 7.77. The second-order valence-electron chi connectivity index (χ2n) is 7.77. The third-order valence-corrected chi connectivity index (χ3v) is 3.66. The van der Waals surface area contributed by atoms with Gasteiger partial charge in [0, 0.05) is 26.2 Å². The molecule has 1 rings (SSSR count). The van der Waals surface area contributed by atoms with Crippen LogP contribution in [0.1, 0.15) is 53.9 Å². The Morgan fingerprint density at radius 1 is 1.42 bits per heavy atom. The molecule has 0 aromatic heterocycles. The van der Waals surface area contributed by atoms with E-state index in [1.807, 2.05) is 25.7 Å². The molecule has 24 heavy (non-hydrogen) atoms. The summed E-state index contributed by atoms with van der Waals surface area (Å²) in [5.41, 5.74) is 5.40. The summed E-state index contributed by atoms with van der Waals surface area (Å²) in [7, 11) is 0. The Morgan fingerprint density at radius 2 is 2.08 bits per heavy atom. The average Bonchev–Trinajstić information content (AvgIpc) is 2.43. The minimum Gasteiger partial charge on any atom is -0.444 e. The predicted molar refractivity (Wildman–Crippen MR) is 110 cm³/mol. The van der Waals surface area contributed by atoms with Crippen LogP contribution in [0.3, 0.4) is 0 Å². The van der Waals surface area contributed by atoms with Crippen molar-refractivity contribution < 1.29 is 9.53 Å². The summed E-state index contributed by atoms with van der Waals surface area (Å²) < 4.78 is 5.45. The number of aliphatic imine (C=N–C) groups is 1. The van der Waals surface area contributed by atoms with Gasteiger partial charge in [-0.25, -0.2) is 4.79 Å². The van der Waals surface area contributed by atoms with Gasteiger partial charge in [-0.15, -0.1) is 24.0 Å². The van der Waals surface area contributed by atoms with Gasteiger partial charge in [-0.05, 0) is 51.9 Å². The highest BCUT2D eigenvalue weighted by Crippen LogP contribution is 2.21. The number of hydrogen-bond donors (Lipinski definition) is 2. The van der Waals surface area contributed by atoms with Crippen LogP contribution in [-0.2, 0) is 4.74 Å². The van der Waals surface area contributed by atoms with Gasteiger partial charge in [0.15, 0.2) is 5.96 Å². The van der Waals surface area contributed by atoms with E-state index in [1.54, 1.807) is 0 Å². The van der Waals surface area contributed by atoms with Crippen molar-refractivity contribution in [2.75, 3.05) is 26.2 Å². The first kappa shape index (κ1) is 23.3. The quantitative estimate of drug-likeness (QED) is 0.380. The Labute approximate surface area is 164 Å². The van der Waals surface area contributed by atoms with Gasteiger partial charge in [-0.2, -0.15) is 0 Å². The van der Waals surface area contributed by atoms with Crippen molar-refractivity contribution in [2.24, 2.45) is 22.6 Å². The maximum Gasteiger partial charge on any atom is 0.410 e. The van der Waals surface area contributed by atoms with E-state index in [0.29, 0.717) is 17.8 Å². The molecule has 0 aliphatic carbocycles. The molecule has 0 spiro atoms. The van der Waals surface area contributed by atoms with Gasteiger partial charge < -0.3 is 20.7 Å². The summed E-state index contributed by atoms with van der Waals surface area (Å²) in [5, 5.41) is 3.16. The largest absolute Gasteiger partial charge is 0.444 e. The maximum atomic E-state index is 12.1. The second kappa shape index (κ2) is 11.0. The molecular formula is C17H35IN4O2. The van der Waals surface area contributed by atoms with Crippen LogP contribution >= 0.6 is 24.0 Å². The Bertz CT molecular complexity index is 408. The molecule has 0 radical (unpaired) electrons. The molecule has 142 valence electrons. The SMILES string of the molecule is CC(C)CN=C(N)NCCC1CCCN(C(=O)OC(C)(C)C)C1.I. The summed E-state index contributed by atoms with van der Waals surface area (Å²) in [6, 6.07) is 0. The number of halogens is 1. The number of nitrogens with two attached hydrogens (primary N) is 1. The van der Waals surface area contributed by atoms with Crippen LogP contribution < -0.4 is 11.1 Å². The maximum absolute atomic E-state index is 12.1. The van der Waals surface area contributed by atoms with Gasteiger partial charge >= 0.3 is 6.09 Å². The molecule has 7 heteroatoms. The Balaban J connectivity index is 0.00000529. The van der Waals surface area contributed by atoms with Crippen LogP contribution in [0, 0.1) is 11.8 Å². The smallest absolute Gasteiger partial charge is 0.410 e. The zero-order chi connectivity index (χ0) is 17.5. The van der Waals surface area contributed by atoms with Crippen LogP contribution in [-0.4, -0.2) is 48.7 Å². The summed E-state index contributed by atoms with van der Waals surface area (Å²) >= 11 is 0. The van der Waals surface area contributed by atoms with Crippen molar-refractivity contribution in [3.63, 3.8) is 0 Å². The first-order valence-electron chi connectivity index (χ1n) is 8.69. The van der Waals surface area contributed by atoms with Gasteiger partial charge in [0.25, 0.3) is 0 Å². The van der Waals surface area contributed by atoms with E-state index in [2.05, 4.69) is 24.2 Å². The van der Waals surface area contributed by atoms with Crippen LogP contribution in [0.5, 0.6) is 0 Å². The van der Waals surface area contributed by atoms with E-state index in [4.69, 9.17) is 10.5 Å². The van der Waals surface area contributed by atoms with Gasteiger partial charge in [0.1, 0.15) is 5.60 Å². The van der Waals surface area contributed by atoms with E-state index >= 15 is 0 Å². The van der Waals surface area contributed by atoms with Crippen LogP contribution in [0.25, 0.3) is 0 Å². The highest BCUT2D eigenvalue weighted by molar-refractivity contribution is 14.0. The van der Waals surface area contributed by atoms with Crippen LogP contribution in [0.4, 0.5) is 4.79 Å². The average molecular weight is 454 g/mol. The molecule has 1 aliphatic rings. The zero-order valence-electron chi connectivity index (χ0n) is 15.8. The number of nitrogens with one attached hydrogen (secondary N) is 1. The molecule has 1 unspecified atom stereocenters. The van der Waals surface area contributed by atoms with E-state index in [1.165, 1.54) is 0 Å². The molecule has 6 nitrogen and oxygen atoms in total.